The van der Waals surface area contributed by atoms with Gasteiger partial charge in [0, 0.05) is 12.1 Å². The van der Waals surface area contributed by atoms with E-state index in [9.17, 15) is 4.79 Å². The van der Waals surface area contributed by atoms with E-state index in [1.165, 1.54) is 0 Å². The SMILES string of the molecule is CC1NCCCC1NC(=O)c1ccc(-c2nc3ccccc3s2)o1.Cl.Cl. The number of hydrogen-bond acceptors (Lipinski definition) is 5. The first-order chi connectivity index (χ1) is 11.7. The van der Waals surface area contributed by atoms with Crippen molar-refractivity contribution in [2.75, 3.05) is 6.54 Å². The molecule has 1 fully saturated rings. The molecule has 0 radical (unpaired) electrons. The summed E-state index contributed by atoms with van der Waals surface area (Å²) in [7, 11) is 0. The molecular weight excluding hydrogens is 393 g/mol. The monoisotopic (exact) mass is 413 g/mol. The van der Waals surface area contributed by atoms with E-state index in [0.29, 0.717) is 11.5 Å². The van der Waals surface area contributed by atoms with Gasteiger partial charge in [-0.05, 0) is 50.6 Å². The third-order valence-corrected chi connectivity index (χ3v) is 5.46. The number of carbonyl (C=O) groups excluding carboxylic acids is 1. The minimum absolute atomic E-state index is 0. The van der Waals surface area contributed by atoms with Gasteiger partial charge in [0.05, 0.1) is 10.2 Å². The molecule has 1 saturated heterocycles. The largest absolute Gasteiger partial charge is 0.448 e. The van der Waals surface area contributed by atoms with E-state index in [1.54, 1.807) is 17.4 Å². The Morgan fingerprint density at radius 2 is 2.08 bits per heavy atom. The quantitative estimate of drug-likeness (QED) is 0.672. The third kappa shape index (κ3) is 4.20. The molecule has 3 aromatic rings. The number of thiazole rings is 1. The summed E-state index contributed by atoms with van der Waals surface area (Å²) in [5.74, 6) is 0.807. The average molecular weight is 414 g/mol. The van der Waals surface area contributed by atoms with Crippen LogP contribution in [0.15, 0.2) is 40.8 Å². The van der Waals surface area contributed by atoms with Gasteiger partial charge < -0.3 is 15.1 Å². The standard InChI is InChI=1S/C18H19N3O2S.2ClH/c1-11-12(6-4-10-19-11)20-17(22)14-8-9-15(23-14)18-21-13-5-2-3-7-16(13)24-18;;/h2-3,5,7-9,11-12,19H,4,6,10H2,1H3,(H,20,22);2*1H. The van der Waals surface area contributed by atoms with E-state index in [-0.39, 0.29) is 42.8 Å². The first-order valence-corrected chi connectivity index (χ1v) is 9.02. The van der Waals surface area contributed by atoms with Crippen molar-refractivity contribution in [3.63, 3.8) is 0 Å². The Balaban J connectivity index is 0.00000121. The topological polar surface area (TPSA) is 67.2 Å². The lowest BCUT2D eigenvalue weighted by Gasteiger charge is -2.30. The maximum Gasteiger partial charge on any atom is 0.287 e. The van der Waals surface area contributed by atoms with Crippen molar-refractivity contribution in [1.82, 2.24) is 15.6 Å². The van der Waals surface area contributed by atoms with E-state index in [4.69, 9.17) is 4.42 Å². The van der Waals surface area contributed by atoms with Gasteiger partial charge in [-0.1, -0.05) is 12.1 Å². The number of aromatic nitrogens is 1. The van der Waals surface area contributed by atoms with Crippen LogP contribution >= 0.6 is 36.2 Å². The van der Waals surface area contributed by atoms with E-state index in [2.05, 4.69) is 22.5 Å². The molecule has 26 heavy (non-hydrogen) atoms. The second-order valence-corrected chi connectivity index (χ2v) is 7.15. The Morgan fingerprint density at radius 3 is 2.85 bits per heavy atom. The fourth-order valence-electron chi connectivity index (χ4n) is 3.03. The van der Waals surface area contributed by atoms with E-state index in [1.807, 2.05) is 30.3 Å². The smallest absolute Gasteiger partial charge is 0.287 e. The number of nitrogens with zero attached hydrogens (tertiary/aromatic N) is 1. The van der Waals surface area contributed by atoms with Crippen LogP contribution in [0.3, 0.4) is 0 Å². The highest BCUT2D eigenvalue weighted by atomic mass is 35.5. The number of halogens is 2. The molecule has 5 nitrogen and oxygen atoms in total. The Kier molecular flexibility index (Phi) is 7.06. The molecule has 1 aliphatic heterocycles. The molecule has 2 aromatic heterocycles. The summed E-state index contributed by atoms with van der Waals surface area (Å²) in [5.41, 5.74) is 0.946. The van der Waals surface area contributed by atoms with Gasteiger partial charge in [-0.2, -0.15) is 0 Å². The van der Waals surface area contributed by atoms with Gasteiger partial charge in [0.1, 0.15) is 0 Å². The third-order valence-electron chi connectivity index (χ3n) is 4.41. The van der Waals surface area contributed by atoms with Crippen LogP contribution < -0.4 is 10.6 Å². The summed E-state index contributed by atoms with van der Waals surface area (Å²) >= 11 is 1.56. The Labute approximate surface area is 168 Å². The van der Waals surface area contributed by atoms with E-state index < -0.39 is 0 Å². The molecule has 0 bridgehead atoms. The fraction of sp³-hybridized carbons (Fsp3) is 0.333. The van der Waals surface area contributed by atoms with Crippen molar-refractivity contribution in [2.24, 2.45) is 0 Å². The number of hydrogen-bond donors (Lipinski definition) is 2. The van der Waals surface area contributed by atoms with Gasteiger partial charge in [-0.15, -0.1) is 36.2 Å². The summed E-state index contributed by atoms with van der Waals surface area (Å²) < 4.78 is 6.86. The van der Waals surface area contributed by atoms with Crippen molar-refractivity contribution in [1.29, 1.82) is 0 Å². The fourth-order valence-corrected chi connectivity index (χ4v) is 3.96. The summed E-state index contributed by atoms with van der Waals surface area (Å²) in [6, 6.07) is 11.9. The zero-order chi connectivity index (χ0) is 16.5. The molecule has 8 heteroatoms. The van der Waals surface area contributed by atoms with Gasteiger partial charge in [-0.3, -0.25) is 4.79 Å². The number of fused-ring (bicyclic) bond motifs is 1. The number of benzene rings is 1. The maximum atomic E-state index is 12.4. The molecule has 2 N–H and O–H groups in total. The number of rotatable bonds is 3. The minimum Gasteiger partial charge on any atom is -0.448 e. The summed E-state index contributed by atoms with van der Waals surface area (Å²) in [4.78, 5) is 17.0. The van der Waals surface area contributed by atoms with Gasteiger partial charge in [-0.25, -0.2) is 4.98 Å². The molecule has 0 aliphatic carbocycles. The van der Waals surface area contributed by atoms with Crippen molar-refractivity contribution < 1.29 is 9.21 Å². The molecule has 0 spiro atoms. The number of nitrogens with one attached hydrogen (secondary N) is 2. The van der Waals surface area contributed by atoms with Gasteiger partial charge in [0.2, 0.25) is 0 Å². The second-order valence-electron chi connectivity index (χ2n) is 6.12. The molecule has 1 aliphatic rings. The lowest BCUT2D eigenvalue weighted by Crippen LogP contribution is -2.51. The summed E-state index contributed by atoms with van der Waals surface area (Å²) in [6.45, 7) is 3.11. The van der Waals surface area contributed by atoms with Crippen molar-refractivity contribution >= 4 is 52.3 Å². The Bertz CT molecular complexity index is 847. The number of amides is 1. The highest BCUT2D eigenvalue weighted by molar-refractivity contribution is 7.21. The van der Waals surface area contributed by atoms with Crippen LogP contribution in [0.4, 0.5) is 0 Å². The lowest BCUT2D eigenvalue weighted by molar-refractivity contribution is 0.0892. The van der Waals surface area contributed by atoms with E-state index >= 15 is 0 Å². The molecule has 3 heterocycles. The molecule has 2 unspecified atom stereocenters. The van der Waals surface area contributed by atoms with Crippen LogP contribution in [-0.4, -0.2) is 29.5 Å². The minimum atomic E-state index is -0.164. The molecular formula is C18H21Cl2N3O2S. The van der Waals surface area contributed by atoms with Crippen LogP contribution in [0.25, 0.3) is 21.0 Å². The van der Waals surface area contributed by atoms with Crippen LogP contribution in [-0.2, 0) is 0 Å². The predicted octanol–water partition coefficient (Wildman–Crippen LogP) is 4.27. The number of carbonyl (C=O) groups is 1. The highest BCUT2D eigenvalue weighted by Crippen LogP contribution is 2.31. The summed E-state index contributed by atoms with van der Waals surface area (Å²) in [5, 5.41) is 7.24. The number of piperidine rings is 1. The van der Waals surface area contributed by atoms with Crippen molar-refractivity contribution in [2.45, 2.75) is 31.8 Å². The maximum absolute atomic E-state index is 12.4. The molecule has 1 aromatic carbocycles. The van der Waals surface area contributed by atoms with Crippen LogP contribution in [0.2, 0.25) is 0 Å². The number of furan rings is 1. The number of para-hydroxylation sites is 1. The van der Waals surface area contributed by atoms with Crippen LogP contribution in [0.5, 0.6) is 0 Å². The first kappa shape index (κ1) is 20.7. The molecule has 2 atom stereocenters. The zero-order valence-corrected chi connectivity index (χ0v) is 16.7. The van der Waals surface area contributed by atoms with Gasteiger partial charge in [0.25, 0.3) is 5.91 Å². The van der Waals surface area contributed by atoms with Crippen LogP contribution in [0, 0.1) is 0 Å². The Morgan fingerprint density at radius 1 is 1.27 bits per heavy atom. The zero-order valence-electron chi connectivity index (χ0n) is 14.2. The normalized spacial score (nSPS) is 19.4. The molecule has 4 rings (SSSR count). The van der Waals surface area contributed by atoms with Gasteiger partial charge >= 0.3 is 0 Å². The second kappa shape index (κ2) is 8.86. The average Bonchev–Trinajstić information content (AvgIpc) is 3.23. The first-order valence-electron chi connectivity index (χ1n) is 8.21. The predicted molar refractivity (Wildman–Crippen MR) is 110 cm³/mol. The van der Waals surface area contributed by atoms with Crippen molar-refractivity contribution in [3.05, 3.63) is 42.2 Å². The molecule has 0 saturated carbocycles. The van der Waals surface area contributed by atoms with Crippen molar-refractivity contribution in [3.8, 4) is 10.8 Å². The molecule has 1 amide bonds. The highest BCUT2D eigenvalue weighted by Gasteiger charge is 2.24. The van der Waals surface area contributed by atoms with E-state index in [0.717, 1.165) is 34.6 Å². The van der Waals surface area contributed by atoms with Crippen LogP contribution in [0.1, 0.15) is 30.3 Å². The van der Waals surface area contributed by atoms with Gasteiger partial charge in [0.15, 0.2) is 16.5 Å². The lowest BCUT2D eigenvalue weighted by atomic mass is 10.00. The Hall–Kier alpha value is -1.60. The molecule has 140 valence electrons. The summed E-state index contributed by atoms with van der Waals surface area (Å²) in [6.07, 6.45) is 2.07.